The van der Waals surface area contributed by atoms with Crippen LogP contribution in [0.15, 0.2) is 30.3 Å². The average Bonchev–Trinajstić information content (AvgIpc) is 3.26. The number of carbonyl (C=O) groups is 1. The van der Waals surface area contributed by atoms with Crippen LogP contribution in [0.4, 0.5) is 0 Å². The molecular formula is C50H91NO9. The van der Waals surface area contributed by atoms with Gasteiger partial charge in [0.1, 0.15) is 30.5 Å². The van der Waals surface area contributed by atoms with Crippen molar-refractivity contribution < 1.29 is 44.9 Å². The van der Waals surface area contributed by atoms with Crippen molar-refractivity contribution in [1.82, 2.24) is 5.32 Å². The molecule has 1 aromatic rings. The number of aliphatic hydroxyl groups excluding tert-OH is 6. The van der Waals surface area contributed by atoms with Gasteiger partial charge in [0, 0.05) is 6.42 Å². The van der Waals surface area contributed by atoms with Crippen molar-refractivity contribution in [1.29, 1.82) is 0 Å². The topological polar surface area (TPSA) is 169 Å². The van der Waals surface area contributed by atoms with Gasteiger partial charge in [-0.1, -0.05) is 211 Å². The Morgan fingerprint density at radius 3 is 1.55 bits per heavy atom. The second-order valence-corrected chi connectivity index (χ2v) is 17.9. The fourth-order valence-corrected chi connectivity index (χ4v) is 8.45. The number of rotatable bonds is 40. The third kappa shape index (κ3) is 26.1. The van der Waals surface area contributed by atoms with E-state index >= 15 is 0 Å². The smallest absolute Gasteiger partial charge is 0.220 e. The van der Waals surface area contributed by atoms with Crippen LogP contribution in [-0.2, 0) is 20.7 Å². The Hall–Kier alpha value is -1.63. The van der Waals surface area contributed by atoms with Crippen molar-refractivity contribution in [3.63, 3.8) is 0 Å². The molecule has 1 saturated heterocycles. The van der Waals surface area contributed by atoms with Crippen LogP contribution in [0.2, 0.25) is 0 Å². The zero-order valence-corrected chi connectivity index (χ0v) is 38.0. The summed E-state index contributed by atoms with van der Waals surface area (Å²) < 4.78 is 11.2. The first-order valence-electron chi connectivity index (χ1n) is 24.9. The molecule has 1 aliphatic rings. The van der Waals surface area contributed by atoms with Gasteiger partial charge in [-0.05, 0) is 31.2 Å². The standard InChI is InChI=1S/C50H91NO9/c1-2-3-4-5-6-7-8-17-20-23-26-32-37-43(53)46(55)42(40-59-50-49(58)48(57)47(56)44(39-52)60-50)51-45(54)38-33-27-24-21-18-15-13-11-9-10-12-14-16-19-22-25-29-34-41-35-30-28-31-36-41/h28,30-31,35-36,42-44,46-50,52-53,55-58H,2-27,29,32-34,37-40H2,1H3,(H,51,54)/t42-,43+,44+,46-,47-,48-,49+,50-/m0/s1. The van der Waals surface area contributed by atoms with Crippen molar-refractivity contribution >= 4 is 5.91 Å². The molecule has 8 atom stereocenters. The number of hydrogen-bond donors (Lipinski definition) is 7. The number of unbranched alkanes of at least 4 members (excludes halogenated alkanes) is 27. The monoisotopic (exact) mass is 850 g/mol. The van der Waals surface area contributed by atoms with Gasteiger partial charge in [-0.25, -0.2) is 0 Å². The minimum absolute atomic E-state index is 0.257. The van der Waals surface area contributed by atoms with Gasteiger partial charge in [0.05, 0.1) is 25.4 Å². The highest BCUT2D eigenvalue weighted by molar-refractivity contribution is 5.76. The van der Waals surface area contributed by atoms with E-state index in [1.54, 1.807) is 0 Å². The maximum Gasteiger partial charge on any atom is 0.220 e. The molecule has 0 aromatic heterocycles. The van der Waals surface area contributed by atoms with E-state index in [4.69, 9.17) is 9.47 Å². The summed E-state index contributed by atoms with van der Waals surface area (Å²) in [4.78, 5) is 13.0. The van der Waals surface area contributed by atoms with Crippen LogP contribution < -0.4 is 5.32 Å². The summed E-state index contributed by atoms with van der Waals surface area (Å²) in [6, 6.07) is 9.82. The zero-order chi connectivity index (χ0) is 43.5. The molecule has 0 radical (unpaired) electrons. The molecule has 1 aliphatic heterocycles. The SMILES string of the molecule is CCCCCCCCCCCCCC[C@@H](O)[C@@H](O)[C@H](CO[C@H]1O[C@H](CO)[C@H](O)[C@H](O)[C@H]1O)NC(=O)CCCCCCCCCCCCCCCCCCCc1ccccc1. The molecule has 60 heavy (non-hydrogen) atoms. The maximum atomic E-state index is 13.0. The Bertz CT molecular complexity index is 1110. The Labute approximate surface area is 365 Å². The minimum atomic E-state index is -1.61. The van der Waals surface area contributed by atoms with Gasteiger partial charge in [0.2, 0.25) is 5.91 Å². The molecular weight excluding hydrogens is 759 g/mol. The van der Waals surface area contributed by atoms with E-state index in [1.807, 2.05) is 0 Å². The Kier molecular flexibility index (Phi) is 33.4. The Balaban J connectivity index is 1.57. The summed E-state index contributed by atoms with van der Waals surface area (Å²) in [5.41, 5.74) is 1.46. The number of nitrogens with one attached hydrogen (secondary N) is 1. The van der Waals surface area contributed by atoms with E-state index in [1.165, 1.54) is 147 Å². The van der Waals surface area contributed by atoms with Crippen molar-refractivity contribution in [2.24, 2.45) is 0 Å². The second kappa shape index (κ2) is 36.8. The molecule has 0 unspecified atom stereocenters. The van der Waals surface area contributed by atoms with Crippen LogP contribution in [0, 0.1) is 0 Å². The zero-order valence-electron chi connectivity index (χ0n) is 38.0. The molecule has 0 aliphatic carbocycles. The van der Waals surface area contributed by atoms with Crippen molar-refractivity contribution in [2.75, 3.05) is 13.2 Å². The first-order chi connectivity index (χ1) is 29.3. The average molecular weight is 850 g/mol. The van der Waals surface area contributed by atoms with E-state index < -0.39 is 55.6 Å². The summed E-state index contributed by atoms with van der Waals surface area (Å²) >= 11 is 0. The number of hydrogen-bond acceptors (Lipinski definition) is 9. The van der Waals surface area contributed by atoms with Crippen LogP contribution in [-0.4, -0.2) is 98.7 Å². The first-order valence-corrected chi connectivity index (χ1v) is 24.9. The highest BCUT2D eigenvalue weighted by Gasteiger charge is 2.44. The molecule has 2 rings (SSSR count). The van der Waals surface area contributed by atoms with Gasteiger partial charge in [0.15, 0.2) is 6.29 Å². The molecule has 0 bridgehead atoms. The highest BCUT2D eigenvalue weighted by Crippen LogP contribution is 2.23. The van der Waals surface area contributed by atoms with Gasteiger partial charge in [0.25, 0.3) is 0 Å². The van der Waals surface area contributed by atoms with Crippen molar-refractivity contribution in [3.05, 3.63) is 35.9 Å². The van der Waals surface area contributed by atoms with Gasteiger partial charge in [-0.2, -0.15) is 0 Å². The number of amides is 1. The number of benzene rings is 1. The van der Waals surface area contributed by atoms with Crippen LogP contribution in [0.5, 0.6) is 0 Å². The van der Waals surface area contributed by atoms with E-state index in [2.05, 4.69) is 42.6 Å². The molecule has 350 valence electrons. The van der Waals surface area contributed by atoms with Gasteiger partial charge >= 0.3 is 0 Å². The summed E-state index contributed by atoms with van der Waals surface area (Å²) in [6.07, 6.45) is 27.7. The predicted octanol–water partition coefficient (Wildman–Crippen LogP) is 9.37. The highest BCUT2D eigenvalue weighted by atomic mass is 16.7. The third-order valence-electron chi connectivity index (χ3n) is 12.5. The Morgan fingerprint density at radius 1 is 0.617 bits per heavy atom. The quantitative estimate of drug-likeness (QED) is 0.0318. The maximum absolute atomic E-state index is 13.0. The molecule has 1 fully saturated rings. The number of ether oxygens (including phenoxy) is 2. The van der Waals surface area contributed by atoms with E-state index in [9.17, 15) is 35.4 Å². The number of aryl methyl sites for hydroxylation is 1. The van der Waals surface area contributed by atoms with E-state index in [-0.39, 0.29) is 18.9 Å². The molecule has 7 N–H and O–H groups in total. The van der Waals surface area contributed by atoms with Crippen LogP contribution in [0.1, 0.15) is 212 Å². The molecule has 10 nitrogen and oxygen atoms in total. The van der Waals surface area contributed by atoms with Crippen molar-refractivity contribution in [2.45, 2.75) is 261 Å². The van der Waals surface area contributed by atoms with E-state index in [0.29, 0.717) is 6.42 Å². The van der Waals surface area contributed by atoms with Crippen molar-refractivity contribution in [3.8, 4) is 0 Å². The summed E-state index contributed by atoms with van der Waals surface area (Å²) in [5, 5.41) is 65.3. The summed E-state index contributed by atoms with van der Waals surface area (Å²) in [7, 11) is 0. The van der Waals surface area contributed by atoms with Gasteiger partial charge in [-0.3, -0.25) is 4.79 Å². The third-order valence-corrected chi connectivity index (χ3v) is 12.5. The van der Waals surface area contributed by atoms with Gasteiger partial charge in [-0.15, -0.1) is 0 Å². The minimum Gasteiger partial charge on any atom is -0.394 e. The normalized spacial score (nSPS) is 20.9. The summed E-state index contributed by atoms with van der Waals surface area (Å²) in [5.74, 6) is -0.257. The lowest BCUT2D eigenvalue weighted by Gasteiger charge is -2.40. The lowest BCUT2D eigenvalue weighted by Crippen LogP contribution is -2.60. The molecule has 1 aromatic carbocycles. The fraction of sp³-hybridized carbons (Fsp3) is 0.860. The first kappa shape index (κ1) is 54.5. The number of carbonyl (C=O) groups excluding carboxylic acids is 1. The Morgan fingerprint density at radius 2 is 1.07 bits per heavy atom. The largest absolute Gasteiger partial charge is 0.394 e. The molecule has 1 heterocycles. The van der Waals surface area contributed by atoms with Gasteiger partial charge < -0.3 is 45.4 Å². The lowest BCUT2D eigenvalue weighted by molar-refractivity contribution is -0.303. The molecule has 0 saturated carbocycles. The van der Waals surface area contributed by atoms with Crippen LogP contribution in [0.3, 0.4) is 0 Å². The fourth-order valence-electron chi connectivity index (χ4n) is 8.45. The van der Waals surface area contributed by atoms with Crippen LogP contribution >= 0.6 is 0 Å². The molecule has 10 heteroatoms. The molecule has 1 amide bonds. The van der Waals surface area contributed by atoms with E-state index in [0.717, 1.165) is 51.4 Å². The summed E-state index contributed by atoms with van der Waals surface area (Å²) in [6.45, 7) is 1.34. The predicted molar refractivity (Wildman–Crippen MR) is 243 cm³/mol. The second-order valence-electron chi connectivity index (χ2n) is 17.9. The van der Waals surface area contributed by atoms with Crippen LogP contribution in [0.25, 0.3) is 0 Å². The molecule has 0 spiro atoms. The number of aliphatic hydroxyl groups is 6. The lowest BCUT2D eigenvalue weighted by atomic mass is 9.98.